The fourth-order valence-corrected chi connectivity index (χ4v) is 3.07. The van der Waals surface area contributed by atoms with E-state index in [4.69, 9.17) is 14.2 Å². The first-order chi connectivity index (χ1) is 12.9. The molecule has 0 aliphatic carbocycles. The molecule has 3 aromatic rings. The fourth-order valence-electron chi connectivity index (χ4n) is 2.52. The number of rotatable bonds is 7. The minimum absolute atomic E-state index is 0.00743. The Kier molecular flexibility index (Phi) is 5.48. The molecule has 0 unspecified atom stereocenters. The van der Waals surface area contributed by atoms with Crippen molar-refractivity contribution in [3.63, 3.8) is 0 Å². The first kappa shape index (κ1) is 18.9. The number of ether oxygens (including phenoxy) is 3. The Hall–Kier alpha value is -2.84. The SMILES string of the molecule is COCOc1ccc(-c2cc(S(C)(=O)=O)nn2-c2ccc(OC)cc2)cc1. The van der Waals surface area contributed by atoms with Gasteiger partial charge in [0.05, 0.1) is 18.5 Å². The predicted octanol–water partition coefficient (Wildman–Crippen LogP) is 2.93. The lowest BCUT2D eigenvalue weighted by Gasteiger charge is -2.09. The van der Waals surface area contributed by atoms with Crippen molar-refractivity contribution in [1.29, 1.82) is 0 Å². The second-order valence-corrected chi connectivity index (χ2v) is 7.79. The molecule has 0 bridgehead atoms. The molecule has 8 heteroatoms. The van der Waals surface area contributed by atoms with Crippen LogP contribution in [0.2, 0.25) is 0 Å². The molecule has 0 radical (unpaired) electrons. The van der Waals surface area contributed by atoms with Crippen LogP contribution in [-0.4, -0.2) is 45.5 Å². The zero-order valence-electron chi connectivity index (χ0n) is 15.2. The van der Waals surface area contributed by atoms with Crippen LogP contribution in [0.3, 0.4) is 0 Å². The summed E-state index contributed by atoms with van der Waals surface area (Å²) in [7, 11) is -0.315. The van der Waals surface area contributed by atoms with Crippen LogP contribution >= 0.6 is 0 Å². The number of aromatic nitrogens is 2. The minimum atomic E-state index is -3.45. The smallest absolute Gasteiger partial charge is 0.194 e. The zero-order chi connectivity index (χ0) is 19.4. The third-order valence-corrected chi connectivity index (χ3v) is 4.84. The Bertz CT molecular complexity index is 1010. The van der Waals surface area contributed by atoms with Crippen LogP contribution in [0.25, 0.3) is 16.9 Å². The van der Waals surface area contributed by atoms with E-state index in [2.05, 4.69) is 5.10 Å². The average molecular weight is 388 g/mol. The van der Waals surface area contributed by atoms with E-state index in [1.54, 1.807) is 49.2 Å². The van der Waals surface area contributed by atoms with Gasteiger partial charge in [0, 0.05) is 25.0 Å². The van der Waals surface area contributed by atoms with E-state index >= 15 is 0 Å². The summed E-state index contributed by atoms with van der Waals surface area (Å²) in [4.78, 5) is 0. The molecule has 0 fully saturated rings. The maximum absolute atomic E-state index is 12.0. The Labute approximate surface area is 158 Å². The van der Waals surface area contributed by atoms with Crippen molar-refractivity contribution >= 4 is 9.84 Å². The van der Waals surface area contributed by atoms with Crippen molar-refractivity contribution in [2.75, 3.05) is 27.3 Å². The predicted molar refractivity (Wildman–Crippen MR) is 101 cm³/mol. The van der Waals surface area contributed by atoms with Gasteiger partial charge in [-0.25, -0.2) is 13.1 Å². The molecule has 0 amide bonds. The molecular formula is C19H20N2O5S. The van der Waals surface area contributed by atoms with Gasteiger partial charge in [0.15, 0.2) is 21.7 Å². The summed E-state index contributed by atoms with van der Waals surface area (Å²) >= 11 is 0. The largest absolute Gasteiger partial charge is 0.497 e. The summed E-state index contributed by atoms with van der Waals surface area (Å²) in [6, 6.07) is 16.0. The molecule has 0 saturated carbocycles. The summed E-state index contributed by atoms with van der Waals surface area (Å²) in [5, 5.41) is 4.30. The lowest BCUT2D eigenvalue weighted by atomic mass is 10.1. The van der Waals surface area contributed by atoms with Gasteiger partial charge in [0.2, 0.25) is 0 Å². The van der Waals surface area contributed by atoms with E-state index < -0.39 is 9.84 Å². The summed E-state index contributed by atoms with van der Waals surface area (Å²) in [5.74, 6) is 1.36. The number of sulfone groups is 1. The lowest BCUT2D eigenvalue weighted by molar-refractivity contribution is 0.0511. The van der Waals surface area contributed by atoms with E-state index in [-0.39, 0.29) is 11.8 Å². The molecule has 0 atom stereocenters. The van der Waals surface area contributed by atoms with Gasteiger partial charge < -0.3 is 14.2 Å². The van der Waals surface area contributed by atoms with Gasteiger partial charge in [-0.1, -0.05) is 0 Å². The monoisotopic (exact) mass is 388 g/mol. The lowest BCUT2D eigenvalue weighted by Crippen LogP contribution is -2.02. The number of hydrogen-bond donors (Lipinski definition) is 0. The van der Waals surface area contributed by atoms with Crippen molar-refractivity contribution in [2.24, 2.45) is 0 Å². The summed E-state index contributed by atoms with van der Waals surface area (Å²) < 4.78 is 41.1. The van der Waals surface area contributed by atoms with Gasteiger partial charge in [-0.15, -0.1) is 0 Å². The number of benzene rings is 2. The molecular weight excluding hydrogens is 368 g/mol. The molecule has 1 heterocycles. The van der Waals surface area contributed by atoms with Crippen molar-refractivity contribution in [2.45, 2.75) is 5.03 Å². The Morgan fingerprint density at radius 1 is 0.963 bits per heavy atom. The van der Waals surface area contributed by atoms with Crippen LogP contribution < -0.4 is 9.47 Å². The highest BCUT2D eigenvalue weighted by molar-refractivity contribution is 7.90. The highest BCUT2D eigenvalue weighted by Gasteiger charge is 2.18. The van der Waals surface area contributed by atoms with Gasteiger partial charge in [-0.3, -0.25) is 0 Å². The first-order valence-corrected chi connectivity index (χ1v) is 9.98. The third-order valence-electron chi connectivity index (χ3n) is 3.88. The maximum Gasteiger partial charge on any atom is 0.194 e. The molecule has 0 aliphatic heterocycles. The number of nitrogens with zero attached hydrogens (tertiary/aromatic N) is 2. The van der Waals surface area contributed by atoms with Crippen LogP contribution in [0.15, 0.2) is 59.6 Å². The summed E-state index contributed by atoms with van der Waals surface area (Å²) in [6.07, 6.45) is 1.14. The van der Waals surface area contributed by atoms with Crippen LogP contribution in [0, 0.1) is 0 Å². The molecule has 3 rings (SSSR count). The summed E-state index contributed by atoms with van der Waals surface area (Å²) in [5.41, 5.74) is 2.18. The highest BCUT2D eigenvalue weighted by atomic mass is 32.2. The van der Waals surface area contributed by atoms with Crippen molar-refractivity contribution in [3.8, 4) is 28.4 Å². The average Bonchev–Trinajstić information content (AvgIpc) is 3.13. The van der Waals surface area contributed by atoms with Gasteiger partial charge in [-0.05, 0) is 48.5 Å². The normalized spacial score (nSPS) is 11.4. The highest BCUT2D eigenvalue weighted by Crippen LogP contribution is 2.28. The standard InChI is InChI=1S/C19H20N2O5S/c1-24-13-26-17-8-4-14(5-9-17)18-12-19(27(3,22)23)20-21(18)15-6-10-16(25-2)11-7-15/h4-12H,13H2,1-3H3. The zero-order valence-corrected chi connectivity index (χ0v) is 16.1. The van der Waals surface area contributed by atoms with E-state index in [1.807, 2.05) is 24.3 Å². The maximum atomic E-state index is 12.0. The molecule has 1 aromatic heterocycles. The van der Waals surface area contributed by atoms with Crippen LogP contribution in [0.4, 0.5) is 0 Å². The van der Waals surface area contributed by atoms with E-state index in [9.17, 15) is 8.42 Å². The molecule has 142 valence electrons. The molecule has 0 aliphatic rings. The molecule has 27 heavy (non-hydrogen) atoms. The van der Waals surface area contributed by atoms with Gasteiger partial charge in [0.25, 0.3) is 0 Å². The first-order valence-electron chi connectivity index (χ1n) is 8.09. The topological polar surface area (TPSA) is 79.7 Å². The molecule has 7 nitrogen and oxygen atoms in total. The van der Waals surface area contributed by atoms with Gasteiger partial charge >= 0.3 is 0 Å². The molecule has 2 aromatic carbocycles. The van der Waals surface area contributed by atoms with Crippen molar-refractivity contribution in [3.05, 3.63) is 54.6 Å². The second kappa shape index (κ2) is 7.81. The van der Waals surface area contributed by atoms with Gasteiger partial charge in [0.1, 0.15) is 11.5 Å². The third kappa shape index (κ3) is 4.29. The van der Waals surface area contributed by atoms with Crippen molar-refractivity contribution < 1.29 is 22.6 Å². The van der Waals surface area contributed by atoms with Crippen molar-refractivity contribution in [1.82, 2.24) is 9.78 Å². The van der Waals surface area contributed by atoms with Crippen LogP contribution in [-0.2, 0) is 14.6 Å². The van der Waals surface area contributed by atoms with Crippen LogP contribution in [0.1, 0.15) is 0 Å². The summed E-state index contributed by atoms with van der Waals surface area (Å²) in [6.45, 7) is 0.154. The fraction of sp³-hybridized carbons (Fsp3) is 0.211. The van der Waals surface area contributed by atoms with E-state index in [1.165, 1.54) is 0 Å². The quantitative estimate of drug-likeness (QED) is 0.579. The van der Waals surface area contributed by atoms with Crippen LogP contribution in [0.5, 0.6) is 11.5 Å². The van der Waals surface area contributed by atoms with Gasteiger partial charge in [-0.2, -0.15) is 5.10 Å². The van der Waals surface area contributed by atoms with E-state index in [0.29, 0.717) is 17.2 Å². The number of methoxy groups -OCH3 is 2. The minimum Gasteiger partial charge on any atom is -0.497 e. The Morgan fingerprint density at radius 2 is 1.59 bits per heavy atom. The Morgan fingerprint density at radius 3 is 2.15 bits per heavy atom. The number of hydrogen-bond acceptors (Lipinski definition) is 6. The molecule has 0 spiro atoms. The molecule has 0 N–H and O–H groups in total. The molecule has 0 saturated heterocycles. The van der Waals surface area contributed by atoms with E-state index in [0.717, 1.165) is 17.5 Å². The second-order valence-electron chi connectivity index (χ2n) is 5.83. The Balaban J connectivity index is 2.06.